The number of para-hydroxylation sites is 1. The first kappa shape index (κ1) is 31.5. The zero-order chi connectivity index (χ0) is 28.7. The number of alkyl halides is 6. The second kappa shape index (κ2) is 11.9. The predicted octanol–water partition coefficient (Wildman–Crippen LogP) is 3.28. The molecule has 4 rings (SSSR count). The van der Waals surface area contributed by atoms with Gasteiger partial charge in [-0.3, -0.25) is 4.90 Å². The number of nitrogens with zero attached hydrogens (tertiary/aromatic N) is 1. The Labute approximate surface area is 233 Å². The van der Waals surface area contributed by atoms with Crippen molar-refractivity contribution in [2.24, 2.45) is 5.92 Å². The standard InChI is InChI=1S/C27H28F6N2O4.ClH/c1-15(2)39-25(37)35-21-7-5-4-6-20(21)23(13-22(35)17-8-9-17)34(24(36)38-3)14-16-10-18(26(28,29)30)12-19(11-16)27(31,32)33;/h4-7,10-12,15,17,22-23H,8-9,13-14H2,1-3H3;1H/t22-,23-;/m0./s1. The van der Waals surface area contributed by atoms with E-state index in [4.69, 9.17) is 9.47 Å². The van der Waals surface area contributed by atoms with E-state index in [0.29, 0.717) is 28.3 Å². The minimum atomic E-state index is -5.03. The summed E-state index contributed by atoms with van der Waals surface area (Å²) in [5.74, 6) is 0.139. The first-order valence-corrected chi connectivity index (χ1v) is 12.5. The molecule has 13 heteroatoms. The zero-order valence-corrected chi connectivity index (χ0v) is 22.7. The number of hydrogen-bond acceptors (Lipinski definition) is 4. The second-order valence-corrected chi connectivity index (χ2v) is 10.2. The molecule has 2 amide bonds. The fraction of sp³-hybridized carbons (Fsp3) is 0.481. The lowest BCUT2D eigenvalue weighted by Crippen LogP contribution is -3.15. The minimum Gasteiger partial charge on any atom is -1.00 e. The summed E-state index contributed by atoms with van der Waals surface area (Å²) in [7, 11) is 1.09. The molecular formula is C27H29ClF6N2O4. The highest BCUT2D eigenvalue weighted by Crippen LogP contribution is 2.43. The first-order chi connectivity index (χ1) is 18.2. The van der Waals surface area contributed by atoms with Crippen LogP contribution in [0.4, 0.5) is 41.6 Å². The third-order valence-electron chi connectivity index (χ3n) is 7.00. The van der Waals surface area contributed by atoms with Gasteiger partial charge < -0.3 is 21.9 Å². The summed E-state index contributed by atoms with van der Waals surface area (Å²) < 4.78 is 91.4. The van der Waals surface area contributed by atoms with Crippen LogP contribution in [0.3, 0.4) is 0 Å². The summed E-state index contributed by atoms with van der Waals surface area (Å²) in [6, 6.07) is 7.01. The van der Waals surface area contributed by atoms with Gasteiger partial charge >= 0.3 is 24.5 Å². The Bertz CT molecular complexity index is 1200. The van der Waals surface area contributed by atoms with E-state index >= 15 is 0 Å². The maximum absolute atomic E-state index is 13.5. The molecule has 2 aliphatic rings. The summed E-state index contributed by atoms with van der Waals surface area (Å²) in [5, 5.41) is 0. The van der Waals surface area contributed by atoms with Crippen LogP contribution in [0, 0.1) is 5.92 Å². The number of halogens is 7. The van der Waals surface area contributed by atoms with E-state index in [2.05, 4.69) is 0 Å². The number of quaternary nitrogens is 1. The summed E-state index contributed by atoms with van der Waals surface area (Å²) in [4.78, 5) is 27.8. The molecule has 3 atom stereocenters. The van der Waals surface area contributed by atoms with Crippen molar-refractivity contribution in [1.82, 2.24) is 4.90 Å². The zero-order valence-electron chi connectivity index (χ0n) is 21.9. The maximum Gasteiger partial charge on any atom is 0.520 e. The van der Waals surface area contributed by atoms with Crippen molar-refractivity contribution in [3.63, 3.8) is 0 Å². The van der Waals surface area contributed by atoms with E-state index in [1.54, 1.807) is 38.1 Å². The van der Waals surface area contributed by atoms with Crippen molar-refractivity contribution in [2.45, 2.75) is 70.2 Å². The lowest BCUT2D eigenvalue weighted by atomic mass is 9.87. The molecule has 1 saturated carbocycles. The van der Waals surface area contributed by atoms with E-state index in [1.807, 2.05) is 0 Å². The van der Waals surface area contributed by atoms with E-state index in [9.17, 15) is 35.9 Å². The van der Waals surface area contributed by atoms with Gasteiger partial charge in [-0.25, -0.2) is 4.79 Å². The fourth-order valence-electron chi connectivity index (χ4n) is 5.21. The van der Waals surface area contributed by atoms with Gasteiger partial charge in [0.05, 0.1) is 24.3 Å². The molecule has 1 fully saturated rings. The van der Waals surface area contributed by atoms with Crippen molar-refractivity contribution >= 4 is 17.9 Å². The smallest absolute Gasteiger partial charge is 0.520 e. The Morgan fingerprint density at radius 1 is 1.00 bits per heavy atom. The number of methoxy groups -OCH3 is 1. The van der Waals surface area contributed by atoms with Crippen LogP contribution in [0.5, 0.6) is 0 Å². The van der Waals surface area contributed by atoms with Crippen molar-refractivity contribution in [1.29, 1.82) is 0 Å². The van der Waals surface area contributed by atoms with Gasteiger partial charge in [0.15, 0.2) is 0 Å². The molecule has 1 unspecified atom stereocenters. The van der Waals surface area contributed by atoms with Gasteiger partial charge in [-0.15, -0.1) is 0 Å². The Kier molecular flexibility index (Phi) is 9.35. The topological polar surface area (TPSA) is 60.3 Å². The third-order valence-corrected chi connectivity index (χ3v) is 7.00. The number of hydrogen-bond donors (Lipinski definition) is 1. The largest absolute Gasteiger partial charge is 1.00 e. The van der Waals surface area contributed by atoms with E-state index in [1.165, 1.54) is 0 Å². The number of ether oxygens (including phenoxy) is 2. The molecule has 0 spiro atoms. The molecule has 1 aliphatic carbocycles. The van der Waals surface area contributed by atoms with Crippen molar-refractivity contribution < 1.29 is 62.7 Å². The molecule has 220 valence electrons. The highest BCUT2D eigenvalue weighted by molar-refractivity contribution is 5.70. The van der Waals surface area contributed by atoms with Crippen LogP contribution in [0.25, 0.3) is 0 Å². The maximum atomic E-state index is 13.5. The Balaban J connectivity index is 0.00000441. The lowest BCUT2D eigenvalue weighted by molar-refractivity contribution is -0.791. The van der Waals surface area contributed by atoms with Gasteiger partial charge in [-0.05, 0) is 50.5 Å². The lowest BCUT2D eigenvalue weighted by Gasteiger charge is -2.40. The predicted molar refractivity (Wildman–Crippen MR) is 127 cm³/mol. The SMILES string of the molecule is COC(=O)N(Cc1cc(C(F)(F)F)cc(C(F)(F)F)c1)[C@H]1C[C@@H](C2CC2)[NH+](C(=O)OC(C)C)c2ccccc21.[Cl-]. The molecule has 2 aromatic rings. The van der Waals surface area contributed by atoms with Crippen molar-refractivity contribution in [3.8, 4) is 0 Å². The molecule has 0 radical (unpaired) electrons. The van der Waals surface area contributed by atoms with E-state index < -0.39 is 48.3 Å². The Morgan fingerprint density at radius 2 is 1.57 bits per heavy atom. The number of nitrogens with one attached hydrogen (secondary N) is 1. The van der Waals surface area contributed by atoms with Crippen LogP contribution in [0.1, 0.15) is 61.4 Å². The Morgan fingerprint density at radius 3 is 2.08 bits per heavy atom. The van der Waals surface area contributed by atoms with Crippen LogP contribution < -0.4 is 17.3 Å². The number of fused-ring (bicyclic) bond motifs is 1. The van der Waals surface area contributed by atoms with E-state index in [-0.39, 0.29) is 48.5 Å². The van der Waals surface area contributed by atoms with Gasteiger partial charge in [0.25, 0.3) is 0 Å². The van der Waals surface area contributed by atoms with Crippen molar-refractivity contribution in [3.05, 3.63) is 64.7 Å². The van der Waals surface area contributed by atoms with Crippen LogP contribution >= 0.6 is 0 Å². The number of carbonyl (C=O) groups excluding carboxylic acids is 2. The number of rotatable bonds is 5. The fourth-order valence-corrected chi connectivity index (χ4v) is 5.21. The quantitative estimate of drug-likeness (QED) is 0.540. The molecule has 0 saturated heterocycles. The molecule has 1 N–H and O–H groups in total. The molecule has 1 heterocycles. The van der Waals surface area contributed by atoms with E-state index in [0.717, 1.165) is 24.9 Å². The van der Waals surface area contributed by atoms with Gasteiger partial charge in [0.2, 0.25) is 0 Å². The van der Waals surface area contributed by atoms with Crippen molar-refractivity contribution in [2.75, 3.05) is 7.11 Å². The van der Waals surface area contributed by atoms with Gasteiger partial charge in [-0.1, -0.05) is 18.2 Å². The van der Waals surface area contributed by atoms with Crippen LogP contribution in [0.2, 0.25) is 0 Å². The summed E-state index contributed by atoms with van der Waals surface area (Å²) in [6.07, 6.45) is -9.89. The molecule has 0 aromatic heterocycles. The highest BCUT2D eigenvalue weighted by Gasteiger charge is 2.51. The van der Waals surface area contributed by atoms with Gasteiger partial charge in [0.1, 0.15) is 17.8 Å². The van der Waals surface area contributed by atoms with Gasteiger partial charge in [-0.2, -0.15) is 36.0 Å². The number of alkyl carbamates (subject to hydrolysis) is 1. The summed E-state index contributed by atoms with van der Waals surface area (Å²) >= 11 is 0. The monoisotopic (exact) mass is 594 g/mol. The summed E-state index contributed by atoms with van der Waals surface area (Å²) in [6.45, 7) is 2.89. The second-order valence-electron chi connectivity index (χ2n) is 10.2. The molecule has 40 heavy (non-hydrogen) atoms. The van der Waals surface area contributed by atoms with Crippen LogP contribution in [0.15, 0.2) is 42.5 Å². The molecule has 6 nitrogen and oxygen atoms in total. The first-order valence-electron chi connectivity index (χ1n) is 12.5. The average molecular weight is 595 g/mol. The van der Waals surface area contributed by atoms with Crippen LogP contribution in [-0.4, -0.2) is 36.3 Å². The number of carbonyl (C=O) groups is 2. The van der Waals surface area contributed by atoms with Gasteiger partial charge in [0, 0.05) is 30.5 Å². The normalized spacial score (nSPS) is 20.8. The average Bonchev–Trinajstić information content (AvgIpc) is 3.70. The third kappa shape index (κ3) is 6.83. The summed E-state index contributed by atoms with van der Waals surface area (Å²) in [5.41, 5.74) is -2.20. The Hall–Kier alpha value is -2.99. The highest BCUT2D eigenvalue weighted by atomic mass is 35.5. The molecule has 0 bridgehead atoms. The van der Waals surface area contributed by atoms with Crippen LogP contribution in [-0.2, 0) is 28.4 Å². The minimum absolute atomic E-state index is 0. The number of amides is 2. The molecule has 2 aromatic carbocycles. The molecule has 1 aliphatic heterocycles. The molecular weight excluding hydrogens is 566 g/mol. The number of benzene rings is 2.